The van der Waals surface area contributed by atoms with Crippen molar-refractivity contribution >= 4 is 23.1 Å². The van der Waals surface area contributed by atoms with Crippen LogP contribution in [0.15, 0.2) is 16.7 Å². The normalized spacial score (nSPS) is 20.5. The third-order valence-corrected chi connectivity index (χ3v) is 4.93. The largest absolute Gasteiger partial charge is 0.465 e. The Morgan fingerprint density at radius 1 is 1.50 bits per heavy atom. The van der Waals surface area contributed by atoms with Crippen LogP contribution in [0.25, 0.3) is 0 Å². The van der Waals surface area contributed by atoms with E-state index in [-0.39, 0.29) is 11.8 Å². The number of ketones is 1. The highest BCUT2D eigenvalue weighted by molar-refractivity contribution is 7.10. The van der Waals surface area contributed by atoms with Crippen molar-refractivity contribution in [2.24, 2.45) is 5.92 Å². The average molecular weight is 291 g/mol. The van der Waals surface area contributed by atoms with Crippen LogP contribution in [-0.4, -0.2) is 24.9 Å². The lowest BCUT2D eigenvalue weighted by Crippen LogP contribution is -2.26. The van der Waals surface area contributed by atoms with E-state index in [4.69, 9.17) is 4.74 Å². The van der Waals surface area contributed by atoms with Gasteiger partial charge in [0.15, 0.2) is 5.78 Å². The van der Waals surface area contributed by atoms with E-state index in [9.17, 15) is 9.59 Å². The van der Waals surface area contributed by atoms with Crippen molar-refractivity contribution in [2.75, 3.05) is 13.2 Å². The van der Waals surface area contributed by atoms with Gasteiger partial charge >= 0.3 is 5.97 Å². The van der Waals surface area contributed by atoms with Gasteiger partial charge in [0.1, 0.15) is 5.92 Å². The van der Waals surface area contributed by atoms with Crippen LogP contribution in [-0.2, 0) is 22.4 Å². The summed E-state index contributed by atoms with van der Waals surface area (Å²) in [6.07, 6.45) is 1.58. The van der Waals surface area contributed by atoms with Gasteiger partial charge in [-0.25, -0.2) is 0 Å². The van der Waals surface area contributed by atoms with E-state index in [1.54, 1.807) is 18.3 Å². The number of hydrogen-bond donors (Lipinski definition) is 1. The lowest BCUT2D eigenvalue weighted by molar-refractivity contribution is -0.146. The number of allylic oxidation sites excluding steroid dienone is 1. The molecule has 0 radical (unpaired) electrons. The predicted molar refractivity (Wildman–Crippen MR) is 76.9 cm³/mol. The van der Waals surface area contributed by atoms with E-state index in [0.29, 0.717) is 18.7 Å². The van der Waals surface area contributed by atoms with Crippen LogP contribution in [0.3, 0.4) is 0 Å². The maximum atomic E-state index is 12.8. The Labute approximate surface area is 121 Å². The van der Waals surface area contributed by atoms with Gasteiger partial charge in [-0.15, -0.1) is 11.3 Å². The average Bonchev–Trinajstić information content (AvgIpc) is 3.03. The van der Waals surface area contributed by atoms with Crippen LogP contribution in [0, 0.1) is 5.92 Å². The highest BCUT2D eigenvalue weighted by Gasteiger charge is 2.41. The summed E-state index contributed by atoms with van der Waals surface area (Å²) in [4.78, 5) is 25.9. The van der Waals surface area contributed by atoms with Gasteiger partial charge in [0.25, 0.3) is 0 Å². The molecule has 5 heteroatoms. The quantitative estimate of drug-likeness (QED) is 0.866. The molecule has 106 valence electrons. The molecule has 1 aromatic rings. The molecule has 2 heterocycles. The van der Waals surface area contributed by atoms with Crippen molar-refractivity contribution in [3.63, 3.8) is 0 Å². The minimum atomic E-state index is -0.449. The molecule has 1 aromatic heterocycles. The van der Waals surface area contributed by atoms with Gasteiger partial charge in [0.2, 0.25) is 0 Å². The van der Waals surface area contributed by atoms with Crippen LogP contribution >= 0.6 is 11.3 Å². The first kappa shape index (κ1) is 13.4. The molecule has 0 amide bonds. The van der Waals surface area contributed by atoms with E-state index < -0.39 is 5.92 Å². The summed E-state index contributed by atoms with van der Waals surface area (Å²) < 4.78 is 5.09. The van der Waals surface area contributed by atoms with Crippen LogP contribution in [0.2, 0.25) is 0 Å². The second-order valence-electron chi connectivity index (χ2n) is 5.00. The van der Waals surface area contributed by atoms with Crippen LogP contribution in [0.1, 0.15) is 34.6 Å². The van der Waals surface area contributed by atoms with Crippen LogP contribution in [0.4, 0.5) is 0 Å². The van der Waals surface area contributed by atoms with Gasteiger partial charge < -0.3 is 10.1 Å². The number of aryl methyl sites for hydroxylation is 1. The second-order valence-corrected chi connectivity index (χ2v) is 5.96. The minimum absolute atomic E-state index is 0.0161. The number of ether oxygens (including phenoxy) is 1. The Kier molecular flexibility index (Phi) is 3.38. The summed E-state index contributed by atoms with van der Waals surface area (Å²) in [5.41, 5.74) is 3.46. The fourth-order valence-electron chi connectivity index (χ4n) is 2.93. The number of nitrogens with one attached hydrogen (secondary N) is 1. The number of hydrogen-bond acceptors (Lipinski definition) is 5. The van der Waals surface area contributed by atoms with E-state index in [2.05, 4.69) is 17.6 Å². The fourth-order valence-corrected chi connectivity index (χ4v) is 4.07. The first-order valence-electron chi connectivity index (χ1n) is 6.94. The molecule has 1 aliphatic heterocycles. The smallest absolute Gasteiger partial charge is 0.315 e. The summed E-state index contributed by atoms with van der Waals surface area (Å²) in [6.45, 7) is 4.65. The molecule has 0 fully saturated rings. The van der Waals surface area contributed by atoms with E-state index >= 15 is 0 Å². The molecule has 0 saturated carbocycles. The molecule has 0 saturated heterocycles. The van der Waals surface area contributed by atoms with E-state index in [0.717, 1.165) is 34.5 Å². The molecule has 1 N–H and O–H groups in total. The van der Waals surface area contributed by atoms with Crippen molar-refractivity contribution < 1.29 is 14.3 Å². The summed E-state index contributed by atoms with van der Waals surface area (Å²) >= 11 is 1.64. The van der Waals surface area contributed by atoms with Gasteiger partial charge in [0, 0.05) is 34.7 Å². The Balaban J connectivity index is 1.98. The lowest BCUT2D eigenvalue weighted by Gasteiger charge is -2.17. The Hall–Kier alpha value is -1.62. The molecule has 3 rings (SSSR count). The highest BCUT2D eigenvalue weighted by atomic mass is 32.1. The molecule has 1 atom stereocenters. The summed E-state index contributed by atoms with van der Waals surface area (Å²) in [5, 5.41) is 5.27. The number of fused-ring (bicyclic) bond motifs is 1. The number of carbonyl (C=O) groups is 2. The van der Waals surface area contributed by atoms with E-state index in [1.807, 2.05) is 0 Å². The molecule has 20 heavy (non-hydrogen) atoms. The van der Waals surface area contributed by atoms with Gasteiger partial charge in [-0.2, -0.15) is 0 Å². The van der Waals surface area contributed by atoms with Crippen LogP contribution < -0.4 is 5.32 Å². The van der Waals surface area contributed by atoms with Crippen molar-refractivity contribution in [1.29, 1.82) is 0 Å². The SMILES string of the molecule is CCOC(=O)C1CNC2=C1C(=O)c1c(CC)csc1C2. The van der Waals surface area contributed by atoms with Crippen molar-refractivity contribution in [2.45, 2.75) is 26.7 Å². The standard InChI is InChI=1S/C15H17NO3S/c1-3-8-7-20-11-5-10-13(14(17)12(8)11)9(6-16-10)15(18)19-4-2/h7,9,16H,3-6H2,1-2H3. The predicted octanol–water partition coefficient (Wildman–Crippen LogP) is 2.09. The molecule has 2 aliphatic rings. The molecular weight excluding hydrogens is 274 g/mol. The molecule has 0 bridgehead atoms. The third-order valence-electron chi connectivity index (χ3n) is 3.90. The Morgan fingerprint density at radius 2 is 2.30 bits per heavy atom. The second kappa shape index (κ2) is 5.05. The summed E-state index contributed by atoms with van der Waals surface area (Å²) in [7, 11) is 0. The molecule has 4 nitrogen and oxygen atoms in total. The topological polar surface area (TPSA) is 55.4 Å². The summed E-state index contributed by atoms with van der Waals surface area (Å²) in [6, 6.07) is 0. The number of carbonyl (C=O) groups excluding carboxylic acids is 2. The maximum absolute atomic E-state index is 12.8. The first-order valence-corrected chi connectivity index (χ1v) is 7.82. The number of rotatable bonds is 3. The molecule has 1 aliphatic carbocycles. The highest BCUT2D eigenvalue weighted by Crippen LogP contribution is 2.38. The van der Waals surface area contributed by atoms with Crippen LogP contribution in [0.5, 0.6) is 0 Å². The zero-order valence-corrected chi connectivity index (χ0v) is 12.4. The van der Waals surface area contributed by atoms with Crippen molar-refractivity contribution in [1.82, 2.24) is 5.32 Å². The zero-order chi connectivity index (χ0) is 14.3. The van der Waals surface area contributed by atoms with Gasteiger partial charge in [-0.05, 0) is 24.3 Å². The van der Waals surface area contributed by atoms with Gasteiger partial charge in [-0.3, -0.25) is 9.59 Å². The van der Waals surface area contributed by atoms with Gasteiger partial charge in [-0.1, -0.05) is 6.92 Å². The number of esters is 1. The Bertz CT molecular complexity index is 615. The lowest BCUT2D eigenvalue weighted by atomic mass is 9.86. The third kappa shape index (κ3) is 1.88. The molecule has 1 unspecified atom stereocenters. The van der Waals surface area contributed by atoms with Crippen molar-refractivity contribution in [3.05, 3.63) is 32.7 Å². The minimum Gasteiger partial charge on any atom is -0.465 e. The maximum Gasteiger partial charge on any atom is 0.315 e. The van der Waals surface area contributed by atoms with E-state index in [1.165, 1.54) is 0 Å². The van der Waals surface area contributed by atoms with Gasteiger partial charge in [0.05, 0.1) is 6.61 Å². The molecule has 0 aromatic carbocycles. The first-order chi connectivity index (χ1) is 9.67. The molecule has 0 spiro atoms. The van der Waals surface area contributed by atoms with Crippen molar-refractivity contribution in [3.8, 4) is 0 Å². The monoisotopic (exact) mass is 291 g/mol. The number of thiophene rings is 1. The number of Topliss-reactive ketones (excluding diaryl/α,β-unsaturated/α-hetero) is 1. The molecular formula is C15H17NO3S. The summed E-state index contributed by atoms with van der Waals surface area (Å²) in [5.74, 6) is -0.729. The zero-order valence-electron chi connectivity index (χ0n) is 11.6. The Morgan fingerprint density at radius 3 is 3.00 bits per heavy atom. The fraction of sp³-hybridized carbons (Fsp3) is 0.467.